The van der Waals surface area contributed by atoms with Crippen molar-refractivity contribution in [2.45, 2.75) is 16.0 Å². The molecule has 0 saturated heterocycles. The number of aromatic nitrogens is 2. The smallest absolute Gasteiger partial charge is 0.275 e. The standard InChI is InChI=1S/C21H21N3O4S2/c1-23(2)30(25,26)20-13-12-17(28-20)14-29-21-22-18-6-4-5-7-19(18)24(21)15-8-10-16(27-3)11-9-15/h4-13H,14H2,1-3H3. The second kappa shape index (κ2) is 8.17. The van der Waals surface area contributed by atoms with Gasteiger partial charge < -0.3 is 9.15 Å². The molecule has 9 heteroatoms. The molecule has 0 aliphatic carbocycles. The Hall–Kier alpha value is -2.75. The monoisotopic (exact) mass is 443 g/mol. The Morgan fingerprint density at radius 2 is 1.80 bits per heavy atom. The Balaban J connectivity index is 1.66. The van der Waals surface area contributed by atoms with Crippen LogP contribution in [-0.2, 0) is 15.8 Å². The van der Waals surface area contributed by atoms with Crippen LogP contribution in [0.1, 0.15) is 5.76 Å². The number of hydrogen-bond donors (Lipinski definition) is 0. The molecule has 0 fully saturated rings. The number of nitrogens with zero attached hydrogens (tertiary/aromatic N) is 3. The number of hydrogen-bond acceptors (Lipinski definition) is 6. The first-order valence-corrected chi connectivity index (χ1v) is 11.6. The van der Waals surface area contributed by atoms with Gasteiger partial charge in [0.25, 0.3) is 10.0 Å². The highest BCUT2D eigenvalue weighted by Gasteiger charge is 2.22. The molecular weight excluding hydrogens is 422 g/mol. The summed E-state index contributed by atoms with van der Waals surface area (Å²) in [5, 5.41) is 0.724. The van der Waals surface area contributed by atoms with Crippen LogP contribution in [0.15, 0.2) is 75.3 Å². The Labute approximate surface area is 179 Å². The fraction of sp³-hybridized carbons (Fsp3) is 0.190. The van der Waals surface area contributed by atoms with Gasteiger partial charge in [0.15, 0.2) is 5.16 Å². The molecule has 0 aliphatic heterocycles. The zero-order valence-corrected chi connectivity index (χ0v) is 18.4. The molecule has 0 atom stereocenters. The molecule has 0 bridgehead atoms. The summed E-state index contributed by atoms with van der Waals surface area (Å²) in [7, 11) is 0.995. The summed E-state index contributed by atoms with van der Waals surface area (Å²) in [6.07, 6.45) is 0. The van der Waals surface area contributed by atoms with Gasteiger partial charge in [0.1, 0.15) is 11.5 Å². The number of methoxy groups -OCH3 is 1. The van der Waals surface area contributed by atoms with Crippen LogP contribution in [0, 0.1) is 0 Å². The Bertz CT molecular complexity index is 1280. The highest BCUT2D eigenvalue weighted by atomic mass is 32.2. The van der Waals surface area contributed by atoms with Crippen molar-refractivity contribution in [1.82, 2.24) is 13.9 Å². The van der Waals surface area contributed by atoms with Gasteiger partial charge in [-0.3, -0.25) is 4.57 Å². The molecule has 0 spiro atoms. The molecule has 7 nitrogen and oxygen atoms in total. The van der Waals surface area contributed by atoms with Crippen LogP contribution in [0.3, 0.4) is 0 Å². The third-order valence-electron chi connectivity index (χ3n) is 4.58. The van der Waals surface area contributed by atoms with Crippen LogP contribution >= 0.6 is 11.8 Å². The fourth-order valence-corrected chi connectivity index (χ4v) is 4.71. The molecule has 156 valence electrons. The lowest BCUT2D eigenvalue weighted by molar-refractivity contribution is 0.408. The first kappa shape index (κ1) is 20.5. The van der Waals surface area contributed by atoms with E-state index in [1.54, 1.807) is 13.2 Å². The van der Waals surface area contributed by atoms with E-state index in [1.807, 2.05) is 48.5 Å². The van der Waals surface area contributed by atoms with Gasteiger partial charge in [-0.15, -0.1) is 0 Å². The number of rotatable bonds is 7. The van der Waals surface area contributed by atoms with Crippen molar-refractivity contribution in [2.75, 3.05) is 21.2 Å². The molecule has 2 aromatic heterocycles. The highest BCUT2D eigenvalue weighted by molar-refractivity contribution is 7.98. The minimum atomic E-state index is -3.59. The molecule has 2 aromatic carbocycles. The first-order valence-electron chi connectivity index (χ1n) is 9.16. The van der Waals surface area contributed by atoms with Gasteiger partial charge in [0, 0.05) is 19.8 Å². The number of sulfonamides is 1. The predicted octanol–water partition coefficient (Wildman–Crippen LogP) is 4.17. The van der Waals surface area contributed by atoms with Crippen LogP contribution in [-0.4, -0.2) is 43.5 Å². The molecule has 0 N–H and O–H groups in total. The normalized spacial score (nSPS) is 12.0. The third-order valence-corrected chi connectivity index (χ3v) is 7.23. The molecule has 30 heavy (non-hydrogen) atoms. The van der Waals surface area contributed by atoms with Gasteiger partial charge in [0.05, 0.1) is 23.9 Å². The summed E-state index contributed by atoms with van der Waals surface area (Å²) >= 11 is 1.48. The summed E-state index contributed by atoms with van der Waals surface area (Å²) in [4.78, 5) is 4.76. The average Bonchev–Trinajstić information content (AvgIpc) is 3.37. The van der Waals surface area contributed by atoms with Crippen molar-refractivity contribution < 1.29 is 17.6 Å². The lowest BCUT2D eigenvalue weighted by Crippen LogP contribution is -2.21. The van der Waals surface area contributed by atoms with E-state index in [2.05, 4.69) is 4.57 Å². The number of imidazole rings is 1. The van der Waals surface area contributed by atoms with Crippen molar-refractivity contribution in [3.8, 4) is 11.4 Å². The fourth-order valence-electron chi connectivity index (χ4n) is 2.97. The Morgan fingerprint density at radius 1 is 1.07 bits per heavy atom. The van der Waals surface area contributed by atoms with Crippen LogP contribution in [0.4, 0.5) is 0 Å². The number of para-hydroxylation sites is 2. The summed E-state index contributed by atoms with van der Waals surface area (Å²) in [5.74, 6) is 1.79. The van der Waals surface area contributed by atoms with E-state index in [0.717, 1.165) is 31.9 Å². The van der Waals surface area contributed by atoms with E-state index < -0.39 is 10.0 Å². The van der Waals surface area contributed by atoms with Crippen molar-refractivity contribution >= 4 is 32.8 Å². The zero-order valence-electron chi connectivity index (χ0n) is 16.8. The molecule has 0 unspecified atom stereocenters. The molecule has 0 aliphatic rings. The van der Waals surface area contributed by atoms with Crippen molar-refractivity contribution in [1.29, 1.82) is 0 Å². The maximum atomic E-state index is 12.2. The van der Waals surface area contributed by atoms with E-state index in [0.29, 0.717) is 11.5 Å². The van der Waals surface area contributed by atoms with Gasteiger partial charge in [-0.2, -0.15) is 0 Å². The zero-order chi connectivity index (χ0) is 21.3. The Kier molecular flexibility index (Phi) is 5.59. The van der Waals surface area contributed by atoms with Gasteiger partial charge in [0.2, 0.25) is 5.09 Å². The lowest BCUT2D eigenvalue weighted by atomic mass is 10.2. The van der Waals surface area contributed by atoms with E-state index >= 15 is 0 Å². The van der Waals surface area contributed by atoms with E-state index in [4.69, 9.17) is 14.1 Å². The lowest BCUT2D eigenvalue weighted by Gasteiger charge is -2.10. The van der Waals surface area contributed by atoms with E-state index in [9.17, 15) is 8.42 Å². The molecule has 4 rings (SSSR count). The average molecular weight is 444 g/mol. The molecule has 4 aromatic rings. The van der Waals surface area contributed by atoms with E-state index in [-0.39, 0.29) is 5.09 Å². The first-order chi connectivity index (χ1) is 14.4. The Morgan fingerprint density at radius 3 is 2.50 bits per heavy atom. The highest BCUT2D eigenvalue weighted by Crippen LogP contribution is 2.31. The third kappa shape index (κ3) is 3.83. The van der Waals surface area contributed by atoms with Crippen LogP contribution in [0.25, 0.3) is 16.7 Å². The second-order valence-electron chi connectivity index (χ2n) is 6.71. The number of furan rings is 1. The molecular formula is C21H21N3O4S2. The largest absolute Gasteiger partial charge is 0.497 e. The second-order valence-corrected chi connectivity index (χ2v) is 9.74. The van der Waals surface area contributed by atoms with Gasteiger partial charge in [-0.05, 0) is 48.5 Å². The minimum Gasteiger partial charge on any atom is -0.497 e. The van der Waals surface area contributed by atoms with Crippen LogP contribution in [0.2, 0.25) is 0 Å². The van der Waals surface area contributed by atoms with Gasteiger partial charge in [-0.1, -0.05) is 23.9 Å². The number of thioether (sulfide) groups is 1. The summed E-state index contributed by atoms with van der Waals surface area (Å²) in [6, 6.07) is 18.8. The van der Waals surface area contributed by atoms with Crippen LogP contribution < -0.4 is 4.74 Å². The van der Waals surface area contributed by atoms with Crippen molar-refractivity contribution in [3.63, 3.8) is 0 Å². The molecule has 0 saturated carbocycles. The number of benzene rings is 2. The predicted molar refractivity (Wildman–Crippen MR) is 117 cm³/mol. The van der Waals surface area contributed by atoms with E-state index in [1.165, 1.54) is 31.9 Å². The van der Waals surface area contributed by atoms with Crippen LogP contribution in [0.5, 0.6) is 5.75 Å². The minimum absolute atomic E-state index is 0.0632. The summed E-state index contributed by atoms with van der Waals surface area (Å²) in [5.41, 5.74) is 2.83. The molecule has 0 amide bonds. The van der Waals surface area contributed by atoms with Crippen molar-refractivity contribution in [2.24, 2.45) is 0 Å². The van der Waals surface area contributed by atoms with Crippen molar-refractivity contribution in [3.05, 3.63) is 66.4 Å². The number of ether oxygens (including phenoxy) is 1. The SMILES string of the molecule is COc1ccc(-n2c(SCc3ccc(S(=O)(=O)N(C)C)o3)nc3ccccc32)cc1. The molecule has 2 heterocycles. The molecule has 0 radical (unpaired) electrons. The van der Waals surface area contributed by atoms with Gasteiger partial charge >= 0.3 is 0 Å². The maximum absolute atomic E-state index is 12.2. The van der Waals surface area contributed by atoms with Gasteiger partial charge in [-0.25, -0.2) is 17.7 Å². The number of fused-ring (bicyclic) bond motifs is 1. The summed E-state index contributed by atoms with van der Waals surface area (Å²) < 4.78 is 38.5. The topological polar surface area (TPSA) is 77.6 Å². The maximum Gasteiger partial charge on any atom is 0.275 e. The summed E-state index contributed by atoms with van der Waals surface area (Å²) in [6.45, 7) is 0. The quantitative estimate of drug-likeness (QED) is 0.399.